The van der Waals surface area contributed by atoms with Gasteiger partial charge in [-0.2, -0.15) is 13.5 Å². The maximum atomic E-state index is 8.74. The Morgan fingerprint density at radius 1 is 1.06 bits per heavy atom. The van der Waals surface area contributed by atoms with Crippen LogP contribution < -0.4 is 5.32 Å². The molecule has 1 aromatic heterocycles. The summed E-state index contributed by atoms with van der Waals surface area (Å²) in [5.74, 6) is 0. The molecular formula is C8H17N3O5S. The van der Waals surface area contributed by atoms with E-state index in [1.54, 1.807) is 0 Å². The van der Waals surface area contributed by atoms with Gasteiger partial charge in [-0.1, -0.05) is 0 Å². The van der Waals surface area contributed by atoms with Crippen molar-refractivity contribution >= 4 is 10.4 Å². The summed E-state index contributed by atoms with van der Waals surface area (Å²) in [5.41, 5.74) is 0. The van der Waals surface area contributed by atoms with Crippen molar-refractivity contribution in [3.8, 4) is 0 Å². The van der Waals surface area contributed by atoms with Gasteiger partial charge >= 0.3 is 10.4 Å². The summed E-state index contributed by atoms with van der Waals surface area (Å²) in [6.07, 6.45) is 3.75. The second kappa shape index (κ2) is 9.10. The fourth-order valence-electron chi connectivity index (χ4n) is 0.931. The molecule has 0 bridgehead atoms. The van der Waals surface area contributed by atoms with Crippen LogP contribution in [0, 0.1) is 0 Å². The van der Waals surface area contributed by atoms with E-state index in [0.29, 0.717) is 0 Å². The van der Waals surface area contributed by atoms with E-state index in [2.05, 4.69) is 10.3 Å². The molecule has 0 unspecified atom stereocenters. The van der Waals surface area contributed by atoms with E-state index in [0.717, 1.165) is 26.2 Å². The number of nitrogens with zero attached hydrogens (tertiary/aromatic N) is 1. The van der Waals surface area contributed by atoms with Crippen LogP contribution in [0.15, 0.2) is 24.5 Å². The second-order valence-corrected chi connectivity index (χ2v) is 3.93. The third kappa shape index (κ3) is 17.6. The molecule has 0 spiro atoms. The molecule has 1 aromatic rings. The molecular weight excluding hydrogens is 250 g/mol. The Balaban J connectivity index is 0.000000232. The Bertz CT molecular complexity index is 322. The molecule has 1 saturated heterocycles. The number of piperazine rings is 1. The van der Waals surface area contributed by atoms with Gasteiger partial charge in [0.15, 0.2) is 0 Å². The van der Waals surface area contributed by atoms with Gasteiger partial charge in [-0.05, 0) is 12.1 Å². The quantitative estimate of drug-likeness (QED) is 0.406. The lowest BCUT2D eigenvalue weighted by Crippen LogP contribution is -2.41. The normalized spacial score (nSPS) is 16.2. The second-order valence-electron chi connectivity index (χ2n) is 3.04. The number of hydrogen-bond acceptors (Lipinski definition) is 5. The SMILES string of the molecule is O=S(=O)(O)O.ON1CCNCC1.c1cc[nH]c1. The van der Waals surface area contributed by atoms with Crippen molar-refractivity contribution < 1.29 is 22.7 Å². The molecule has 2 heterocycles. The topological polar surface area (TPSA) is 126 Å². The summed E-state index contributed by atoms with van der Waals surface area (Å²) in [5, 5.41) is 13.1. The minimum Gasteiger partial charge on any atom is -0.368 e. The molecule has 0 aliphatic carbocycles. The number of H-pyrrole nitrogens is 1. The number of rotatable bonds is 0. The van der Waals surface area contributed by atoms with Crippen LogP contribution in [-0.2, 0) is 10.4 Å². The van der Waals surface area contributed by atoms with Gasteiger partial charge in [-0.3, -0.25) is 9.11 Å². The first kappa shape index (κ1) is 16.0. The summed E-state index contributed by atoms with van der Waals surface area (Å²) < 4.78 is 31.6. The van der Waals surface area contributed by atoms with Crippen molar-refractivity contribution in [3.05, 3.63) is 24.5 Å². The Hall–Kier alpha value is -0.970. The third-order valence-electron chi connectivity index (χ3n) is 1.59. The number of hydrogen-bond donors (Lipinski definition) is 5. The molecule has 1 fully saturated rings. The molecule has 100 valence electrons. The van der Waals surface area contributed by atoms with Crippen LogP contribution in [0.4, 0.5) is 0 Å². The fourth-order valence-corrected chi connectivity index (χ4v) is 0.931. The molecule has 17 heavy (non-hydrogen) atoms. The maximum Gasteiger partial charge on any atom is 0.394 e. The van der Waals surface area contributed by atoms with Gasteiger partial charge in [0.05, 0.1) is 0 Å². The van der Waals surface area contributed by atoms with E-state index >= 15 is 0 Å². The van der Waals surface area contributed by atoms with E-state index in [-0.39, 0.29) is 0 Å². The maximum absolute atomic E-state index is 8.74. The van der Waals surface area contributed by atoms with Gasteiger partial charge in [0.2, 0.25) is 0 Å². The fraction of sp³-hybridized carbons (Fsp3) is 0.500. The highest BCUT2D eigenvalue weighted by Gasteiger charge is 2.03. The predicted octanol–water partition coefficient (Wildman–Crippen LogP) is -0.357. The number of aromatic nitrogens is 1. The standard InChI is InChI=1S/C4H10N2O.C4H5N.H2O4S/c7-6-3-1-5-2-4-6;1-2-4-5-3-1;1-5(2,3)4/h5,7H,1-4H2;1-5H;(H2,1,2,3,4). The van der Waals surface area contributed by atoms with Crippen molar-refractivity contribution in [2.24, 2.45) is 0 Å². The van der Waals surface area contributed by atoms with Crippen LogP contribution in [0.2, 0.25) is 0 Å². The zero-order valence-corrected chi connectivity index (χ0v) is 9.97. The molecule has 0 saturated carbocycles. The first-order valence-electron chi connectivity index (χ1n) is 4.82. The Kier molecular flexibility index (Phi) is 8.58. The lowest BCUT2D eigenvalue weighted by Gasteiger charge is -2.19. The van der Waals surface area contributed by atoms with E-state index in [1.807, 2.05) is 24.5 Å². The molecule has 5 N–H and O–H groups in total. The first-order chi connectivity index (χ1) is 7.89. The summed E-state index contributed by atoms with van der Waals surface area (Å²) >= 11 is 0. The zero-order valence-electron chi connectivity index (χ0n) is 9.15. The van der Waals surface area contributed by atoms with Crippen LogP contribution in [0.5, 0.6) is 0 Å². The van der Waals surface area contributed by atoms with Crippen LogP contribution in [-0.4, -0.2) is 59.0 Å². The van der Waals surface area contributed by atoms with Crippen molar-refractivity contribution in [2.45, 2.75) is 0 Å². The summed E-state index contributed by atoms with van der Waals surface area (Å²) in [6, 6.07) is 3.89. The van der Waals surface area contributed by atoms with Gasteiger partial charge in [0, 0.05) is 38.6 Å². The average molecular weight is 267 g/mol. The van der Waals surface area contributed by atoms with Crippen molar-refractivity contribution in [1.82, 2.24) is 15.4 Å². The summed E-state index contributed by atoms with van der Waals surface area (Å²) in [6.45, 7) is 3.35. The lowest BCUT2D eigenvalue weighted by atomic mass is 10.4. The number of aromatic amines is 1. The van der Waals surface area contributed by atoms with Gasteiger partial charge in [-0.15, -0.1) is 0 Å². The number of nitrogens with one attached hydrogen (secondary N) is 2. The smallest absolute Gasteiger partial charge is 0.368 e. The van der Waals surface area contributed by atoms with Crippen LogP contribution in [0.1, 0.15) is 0 Å². The summed E-state index contributed by atoms with van der Waals surface area (Å²) in [7, 11) is -4.67. The zero-order chi connectivity index (χ0) is 13.1. The highest BCUT2D eigenvalue weighted by molar-refractivity contribution is 7.79. The molecule has 0 amide bonds. The van der Waals surface area contributed by atoms with Crippen LogP contribution >= 0.6 is 0 Å². The highest BCUT2D eigenvalue weighted by Crippen LogP contribution is 1.82. The minimum absolute atomic E-state index is 0.764. The molecule has 9 heteroatoms. The monoisotopic (exact) mass is 267 g/mol. The number of hydroxylamine groups is 2. The first-order valence-corrected chi connectivity index (χ1v) is 6.21. The summed E-state index contributed by atoms with van der Waals surface area (Å²) in [4.78, 5) is 2.86. The van der Waals surface area contributed by atoms with E-state index in [9.17, 15) is 0 Å². The largest absolute Gasteiger partial charge is 0.394 e. The van der Waals surface area contributed by atoms with Crippen molar-refractivity contribution in [2.75, 3.05) is 26.2 Å². The van der Waals surface area contributed by atoms with E-state index in [1.165, 1.54) is 5.06 Å². The van der Waals surface area contributed by atoms with Crippen molar-refractivity contribution in [3.63, 3.8) is 0 Å². The average Bonchev–Trinajstić information content (AvgIpc) is 2.73. The van der Waals surface area contributed by atoms with Crippen molar-refractivity contribution in [1.29, 1.82) is 0 Å². The Morgan fingerprint density at radius 2 is 1.47 bits per heavy atom. The van der Waals surface area contributed by atoms with Crippen LogP contribution in [0.25, 0.3) is 0 Å². The Morgan fingerprint density at radius 3 is 1.65 bits per heavy atom. The molecule has 8 nitrogen and oxygen atoms in total. The van der Waals surface area contributed by atoms with Gasteiger partial charge in [0.25, 0.3) is 0 Å². The van der Waals surface area contributed by atoms with Gasteiger partial charge in [0.1, 0.15) is 0 Å². The van der Waals surface area contributed by atoms with Gasteiger partial charge < -0.3 is 15.5 Å². The molecule has 2 rings (SSSR count). The molecule has 1 aliphatic rings. The molecule has 0 aromatic carbocycles. The van der Waals surface area contributed by atoms with Crippen LogP contribution in [0.3, 0.4) is 0 Å². The molecule has 1 aliphatic heterocycles. The minimum atomic E-state index is -4.67. The molecule has 0 atom stereocenters. The highest BCUT2D eigenvalue weighted by atomic mass is 32.3. The van der Waals surface area contributed by atoms with E-state index < -0.39 is 10.4 Å². The van der Waals surface area contributed by atoms with E-state index in [4.69, 9.17) is 22.7 Å². The lowest BCUT2D eigenvalue weighted by molar-refractivity contribution is -0.0976. The Labute approximate surface area is 99.8 Å². The van der Waals surface area contributed by atoms with Gasteiger partial charge in [-0.25, -0.2) is 0 Å². The third-order valence-corrected chi connectivity index (χ3v) is 1.59. The predicted molar refractivity (Wildman–Crippen MR) is 61.2 cm³/mol. The molecule has 0 radical (unpaired) electrons.